The van der Waals surface area contributed by atoms with E-state index in [0.29, 0.717) is 11.4 Å². The average molecular weight is 282 g/mol. The van der Waals surface area contributed by atoms with Gasteiger partial charge in [0.15, 0.2) is 0 Å². The number of benzene rings is 1. The molecule has 2 rings (SSSR count). The van der Waals surface area contributed by atoms with Crippen LogP contribution >= 0.6 is 0 Å². The highest BCUT2D eigenvalue weighted by atomic mass is 16.3. The maximum Gasteiger partial charge on any atom is 0.105 e. The molecule has 0 saturated carbocycles. The fraction of sp³-hybridized carbons (Fsp3) is 0.278. The van der Waals surface area contributed by atoms with E-state index in [2.05, 4.69) is 31.8 Å². The summed E-state index contributed by atoms with van der Waals surface area (Å²) in [6.45, 7) is 6.33. The van der Waals surface area contributed by atoms with E-state index in [1.165, 1.54) is 0 Å². The van der Waals surface area contributed by atoms with Crippen molar-refractivity contribution in [3.8, 4) is 0 Å². The first-order valence-corrected chi connectivity index (χ1v) is 7.04. The van der Waals surface area contributed by atoms with Crippen LogP contribution in [-0.4, -0.2) is 17.4 Å². The summed E-state index contributed by atoms with van der Waals surface area (Å²) in [5.41, 5.74) is 8.87. The SMILES string of the molecule is CC(C)(C)C=C1C=CC=C(C=Nc2ccccc2N)C1O. The Bertz CT molecular complexity index is 631. The Morgan fingerprint density at radius 1 is 1.24 bits per heavy atom. The van der Waals surface area contributed by atoms with Crippen LogP contribution in [0.1, 0.15) is 20.8 Å². The highest BCUT2D eigenvalue weighted by Gasteiger charge is 2.18. The van der Waals surface area contributed by atoms with Gasteiger partial charge in [-0.1, -0.05) is 57.2 Å². The van der Waals surface area contributed by atoms with Crippen LogP contribution in [0.2, 0.25) is 0 Å². The molecule has 1 aromatic carbocycles. The van der Waals surface area contributed by atoms with Crippen molar-refractivity contribution in [3.63, 3.8) is 0 Å². The van der Waals surface area contributed by atoms with Crippen LogP contribution in [0.3, 0.4) is 0 Å². The van der Waals surface area contributed by atoms with E-state index >= 15 is 0 Å². The lowest BCUT2D eigenvalue weighted by Gasteiger charge is -2.21. The fourth-order valence-corrected chi connectivity index (χ4v) is 2.13. The highest BCUT2D eigenvalue weighted by molar-refractivity contribution is 5.86. The van der Waals surface area contributed by atoms with Crippen molar-refractivity contribution in [1.82, 2.24) is 0 Å². The van der Waals surface area contributed by atoms with E-state index in [-0.39, 0.29) is 5.41 Å². The van der Waals surface area contributed by atoms with Gasteiger partial charge in [0, 0.05) is 11.8 Å². The van der Waals surface area contributed by atoms with Crippen molar-refractivity contribution in [2.75, 3.05) is 5.73 Å². The minimum absolute atomic E-state index is 0.0180. The second kappa shape index (κ2) is 6.10. The molecule has 1 aliphatic rings. The van der Waals surface area contributed by atoms with E-state index in [0.717, 1.165) is 11.1 Å². The van der Waals surface area contributed by atoms with Gasteiger partial charge in [-0.3, -0.25) is 4.99 Å². The molecule has 3 nitrogen and oxygen atoms in total. The minimum atomic E-state index is -0.650. The van der Waals surface area contributed by atoms with E-state index < -0.39 is 6.10 Å². The lowest BCUT2D eigenvalue weighted by molar-refractivity contribution is 0.254. The molecule has 1 unspecified atom stereocenters. The molecule has 1 aromatic rings. The van der Waals surface area contributed by atoms with Crippen LogP contribution < -0.4 is 5.73 Å². The van der Waals surface area contributed by atoms with Crippen LogP contribution in [0.25, 0.3) is 0 Å². The number of nitrogens with two attached hydrogens (primary N) is 1. The molecule has 3 heteroatoms. The molecule has 0 heterocycles. The first-order chi connectivity index (χ1) is 9.87. The molecular formula is C18H22N2O. The number of allylic oxidation sites excluding steroid dienone is 3. The van der Waals surface area contributed by atoms with Crippen LogP contribution in [0.5, 0.6) is 0 Å². The lowest BCUT2D eigenvalue weighted by Crippen LogP contribution is -2.18. The Morgan fingerprint density at radius 3 is 2.62 bits per heavy atom. The van der Waals surface area contributed by atoms with Gasteiger partial charge in [-0.15, -0.1) is 0 Å². The van der Waals surface area contributed by atoms with Crippen LogP contribution in [0.15, 0.2) is 64.7 Å². The molecule has 1 aliphatic carbocycles. The molecule has 0 saturated heterocycles. The monoisotopic (exact) mass is 282 g/mol. The zero-order chi connectivity index (χ0) is 15.5. The molecule has 0 fully saturated rings. The predicted octanol–water partition coefficient (Wildman–Crippen LogP) is 3.80. The van der Waals surface area contributed by atoms with Crippen molar-refractivity contribution in [2.24, 2.45) is 10.4 Å². The third kappa shape index (κ3) is 4.17. The molecule has 0 radical (unpaired) electrons. The van der Waals surface area contributed by atoms with Crippen molar-refractivity contribution < 1.29 is 5.11 Å². The Hall–Kier alpha value is -2.13. The first kappa shape index (κ1) is 15.3. The van der Waals surface area contributed by atoms with Gasteiger partial charge in [-0.25, -0.2) is 0 Å². The Balaban J connectivity index is 2.22. The summed E-state index contributed by atoms with van der Waals surface area (Å²) in [6.07, 6.45) is 8.84. The van der Waals surface area contributed by atoms with Crippen molar-refractivity contribution in [2.45, 2.75) is 26.9 Å². The molecule has 110 valence electrons. The van der Waals surface area contributed by atoms with Crippen LogP contribution in [-0.2, 0) is 0 Å². The third-order valence-electron chi connectivity index (χ3n) is 3.10. The number of rotatable bonds is 2. The zero-order valence-electron chi connectivity index (χ0n) is 12.7. The van der Waals surface area contributed by atoms with Gasteiger partial charge >= 0.3 is 0 Å². The summed E-state index contributed by atoms with van der Waals surface area (Å²) in [6, 6.07) is 7.42. The maximum absolute atomic E-state index is 10.4. The fourth-order valence-electron chi connectivity index (χ4n) is 2.13. The molecule has 0 spiro atoms. The Kier molecular flexibility index (Phi) is 4.43. The summed E-state index contributed by atoms with van der Waals surface area (Å²) >= 11 is 0. The molecule has 0 bridgehead atoms. The number of hydrogen-bond donors (Lipinski definition) is 2. The summed E-state index contributed by atoms with van der Waals surface area (Å²) < 4.78 is 0. The van der Waals surface area contributed by atoms with Gasteiger partial charge in [0.25, 0.3) is 0 Å². The van der Waals surface area contributed by atoms with E-state index in [1.807, 2.05) is 42.5 Å². The predicted molar refractivity (Wildman–Crippen MR) is 89.8 cm³/mol. The van der Waals surface area contributed by atoms with E-state index in [9.17, 15) is 5.11 Å². The number of aliphatic imine (C=N–C) groups is 1. The van der Waals surface area contributed by atoms with Gasteiger partial charge in [0.2, 0.25) is 0 Å². The first-order valence-electron chi connectivity index (χ1n) is 7.04. The van der Waals surface area contributed by atoms with Gasteiger partial charge in [0.05, 0.1) is 11.4 Å². The number of aliphatic hydroxyl groups is 1. The summed E-state index contributed by atoms with van der Waals surface area (Å²) in [4.78, 5) is 4.37. The maximum atomic E-state index is 10.4. The number of anilines is 1. The topological polar surface area (TPSA) is 58.6 Å². The van der Waals surface area contributed by atoms with Crippen LogP contribution in [0.4, 0.5) is 11.4 Å². The van der Waals surface area contributed by atoms with Gasteiger partial charge < -0.3 is 10.8 Å². The second-order valence-electron chi connectivity index (χ2n) is 6.26. The molecular weight excluding hydrogens is 260 g/mol. The highest BCUT2D eigenvalue weighted by Crippen LogP contribution is 2.26. The van der Waals surface area contributed by atoms with Crippen molar-refractivity contribution >= 4 is 17.6 Å². The van der Waals surface area contributed by atoms with Gasteiger partial charge in [-0.2, -0.15) is 0 Å². The van der Waals surface area contributed by atoms with Gasteiger partial charge in [-0.05, 0) is 23.1 Å². The van der Waals surface area contributed by atoms with Crippen LogP contribution in [0, 0.1) is 5.41 Å². The molecule has 0 amide bonds. The number of aliphatic hydroxyl groups excluding tert-OH is 1. The third-order valence-corrected chi connectivity index (χ3v) is 3.10. The van der Waals surface area contributed by atoms with Gasteiger partial charge in [0.1, 0.15) is 6.10 Å². The van der Waals surface area contributed by atoms with E-state index in [1.54, 1.807) is 6.21 Å². The number of nitrogens with zero attached hydrogens (tertiary/aromatic N) is 1. The largest absolute Gasteiger partial charge is 0.397 e. The standard InChI is InChI=1S/C18H22N2O/c1-18(2,3)11-13-7-6-8-14(17(13)21)12-20-16-10-5-4-9-15(16)19/h4-12,17,21H,19H2,1-3H3. The molecule has 3 N–H and O–H groups in total. The normalized spacial score (nSPS) is 21.0. The summed E-state index contributed by atoms with van der Waals surface area (Å²) in [5.74, 6) is 0. The average Bonchev–Trinajstić information content (AvgIpc) is 2.40. The lowest BCUT2D eigenvalue weighted by atomic mass is 9.88. The minimum Gasteiger partial charge on any atom is -0.397 e. The van der Waals surface area contributed by atoms with E-state index in [4.69, 9.17) is 5.73 Å². The molecule has 21 heavy (non-hydrogen) atoms. The smallest absolute Gasteiger partial charge is 0.105 e. The quantitative estimate of drug-likeness (QED) is 0.640. The summed E-state index contributed by atoms with van der Waals surface area (Å²) in [5, 5.41) is 10.4. The second-order valence-corrected chi connectivity index (χ2v) is 6.26. The zero-order valence-corrected chi connectivity index (χ0v) is 12.7. The number of para-hydroxylation sites is 2. The van der Waals surface area contributed by atoms with Crippen molar-refractivity contribution in [1.29, 1.82) is 0 Å². The Labute approximate surface area is 126 Å². The molecule has 0 aromatic heterocycles. The molecule has 1 atom stereocenters. The molecule has 0 aliphatic heterocycles. The summed E-state index contributed by atoms with van der Waals surface area (Å²) in [7, 11) is 0. The number of nitrogen functional groups attached to an aromatic ring is 1. The Morgan fingerprint density at radius 2 is 1.95 bits per heavy atom. The number of hydrogen-bond acceptors (Lipinski definition) is 3. The van der Waals surface area contributed by atoms with Crippen molar-refractivity contribution in [3.05, 3.63) is 59.7 Å².